The molecule has 0 N–H and O–H groups in total. The lowest BCUT2D eigenvalue weighted by atomic mass is 10.00. The second-order valence-electron chi connectivity index (χ2n) is 9.60. The van der Waals surface area contributed by atoms with Crippen molar-refractivity contribution in [1.29, 1.82) is 0 Å². The minimum absolute atomic E-state index is 0.113. The van der Waals surface area contributed by atoms with E-state index in [4.69, 9.17) is 9.17 Å². The monoisotopic (exact) mass is 505 g/mol. The number of pyridine rings is 1. The van der Waals surface area contributed by atoms with Crippen molar-refractivity contribution in [3.8, 4) is 10.6 Å². The fourth-order valence-electron chi connectivity index (χ4n) is 5.30. The van der Waals surface area contributed by atoms with Crippen LogP contribution in [-0.2, 0) is 14.3 Å². The number of aromatic nitrogens is 1. The molecule has 0 bridgehead atoms. The van der Waals surface area contributed by atoms with Crippen LogP contribution >= 0.6 is 11.3 Å². The van der Waals surface area contributed by atoms with Crippen molar-refractivity contribution in [3.63, 3.8) is 0 Å². The molecule has 0 aliphatic carbocycles. The molecule has 6 rings (SSSR count). The zero-order valence-corrected chi connectivity index (χ0v) is 21.3. The van der Waals surface area contributed by atoms with Gasteiger partial charge in [0.15, 0.2) is 6.23 Å². The summed E-state index contributed by atoms with van der Waals surface area (Å²) in [6, 6.07) is 21.4. The quantitative estimate of drug-likeness (QED) is 0.356. The molecule has 3 unspecified atom stereocenters. The van der Waals surface area contributed by atoms with Crippen molar-refractivity contribution in [1.82, 2.24) is 9.88 Å². The van der Waals surface area contributed by atoms with Gasteiger partial charge in [0, 0.05) is 30.3 Å². The van der Waals surface area contributed by atoms with E-state index < -0.39 is 16.3 Å². The average molecular weight is 506 g/mol. The topological polar surface area (TPSA) is 62.7 Å². The summed E-state index contributed by atoms with van der Waals surface area (Å²) in [5.74, 6) is 0.461. The minimum Gasteiger partial charge on any atom is -0.343 e. The zero-order valence-electron chi connectivity index (χ0n) is 19.7. The molecule has 180 valence electrons. The maximum atomic E-state index is 13.2. The van der Waals surface area contributed by atoms with E-state index in [1.807, 2.05) is 37.4 Å². The molecule has 35 heavy (non-hydrogen) atoms. The summed E-state index contributed by atoms with van der Waals surface area (Å²) in [5.41, 5.74) is 2.81. The summed E-state index contributed by atoms with van der Waals surface area (Å²) in [5, 5.41) is 1.21. The smallest absolute Gasteiger partial charge is 0.298 e. The molecular formula is C27H27N3O3S2. The maximum absolute atomic E-state index is 13.2. The van der Waals surface area contributed by atoms with E-state index in [-0.39, 0.29) is 10.8 Å². The van der Waals surface area contributed by atoms with Crippen LogP contribution in [0.1, 0.15) is 5.56 Å². The summed E-state index contributed by atoms with van der Waals surface area (Å²) >= 11 is 1.72. The molecule has 4 aromatic rings. The van der Waals surface area contributed by atoms with E-state index in [0.717, 1.165) is 41.5 Å². The first-order valence-electron chi connectivity index (χ1n) is 11.8. The van der Waals surface area contributed by atoms with Crippen LogP contribution in [0.5, 0.6) is 0 Å². The molecule has 8 heteroatoms. The molecule has 2 aromatic heterocycles. The predicted octanol–water partition coefficient (Wildman–Crippen LogP) is 5.00. The first kappa shape index (κ1) is 22.7. The lowest BCUT2D eigenvalue weighted by molar-refractivity contribution is 0.160. The Kier molecular flexibility index (Phi) is 5.64. The standard InChI is InChI=1S/C27H27N3O3S2/c1-18-7-10-22(11-8-18)35(31,32)33-27-23-17-29(2)15-20(23)16-30(27)21-9-12-24(28-14-21)26-13-19-5-3-4-6-25(19)34-26/h3-14,20,23,27H,15-17H2,1-2H3. The van der Waals surface area contributed by atoms with Gasteiger partial charge in [-0.1, -0.05) is 35.9 Å². The number of anilines is 1. The van der Waals surface area contributed by atoms with Crippen LogP contribution in [0.4, 0.5) is 5.69 Å². The highest BCUT2D eigenvalue weighted by Crippen LogP contribution is 2.41. The summed E-state index contributed by atoms with van der Waals surface area (Å²) in [6.45, 7) is 4.42. The molecule has 0 saturated carbocycles. The molecule has 2 fully saturated rings. The molecule has 2 aliphatic heterocycles. The summed E-state index contributed by atoms with van der Waals surface area (Å²) in [6.07, 6.45) is 1.28. The molecular weight excluding hydrogens is 478 g/mol. The highest BCUT2D eigenvalue weighted by molar-refractivity contribution is 7.86. The van der Waals surface area contributed by atoms with Crippen LogP contribution in [0.2, 0.25) is 0 Å². The number of likely N-dealkylation sites (tertiary alicyclic amines) is 1. The van der Waals surface area contributed by atoms with Gasteiger partial charge >= 0.3 is 0 Å². The third-order valence-electron chi connectivity index (χ3n) is 7.07. The number of rotatable bonds is 5. The predicted molar refractivity (Wildman–Crippen MR) is 140 cm³/mol. The fraction of sp³-hybridized carbons (Fsp3) is 0.296. The van der Waals surface area contributed by atoms with Crippen LogP contribution in [0.25, 0.3) is 20.7 Å². The van der Waals surface area contributed by atoms with Gasteiger partial charge in [0.05, 0.1) is 27.4 Å². The molecule has 3 atom stereocenters. The van der Waals surface area contributed by atoms with E-state index >= 15 is 0 Å². The first-order valence-corrected chi connectivity index (χ1v) is 14.0. The Labute approximate surface area is 209 Å². The number of nitrogens with zero attached hydrogens (tertiary/aromatic N) is 3. The SMILES string of the molecule is Cc1ccc(S(=O)(=O)OC2C3CN(C)CC3CN2c2ccc(-c3cc4ccccc4s3)nc2)cc1. The minimum atomic E-state index is -3.90. The van der Waals surface area contributed by atoms with Gasteiger partial charge in [0.25, 0.3) is 10.1 Å². The largest absolute Gasteiger partial charge is 0.343 e. The van der Waals surface area contributed by atoms with Crippen LogP contribution < -0.4 is 4.90 Å². The zero-order chi connectivity index (χ0) is 24.2. The second kappa shape index (κ2) is 8.71. The Morgan fingerprint density at radius 1 is 1.00 bits per heavy atom. The highest BCUT2D eigenvalue weighted by Gasteiger charge is 2.49. The van der Waals surface area contributed by atoms with Gasteiger partial charge < -0.3 is 9.80 Å². The Morgan fingerprint density at radius 3 is 2.54 bits per heavy atom. The Balaban J connectivity index is 1.30. The van der Waals surface area contributed by atoms with Crippen LogP contribution in [0.3, 0.4) is 0 Å². The van der Waals surface area contributed by atoms with E-state index in [1.54, 1.807) is 35.6 Å². The van der Waals surface area contributed by atoms with E-state index in [9.17, 15) is 8.42 Å². The Bertz CT molecular complexity index is 1430. The third-order valence-corrected chi connectivity index (χ3v) is 9.51. The van der Waals surface area contributed by atoms with Gasteiger partial charge in [-0.15, -0.1) is 11.3 Å². The lowest BCUT2D eigenvalue weighted by Gasteiger charge is -2.29. The molecule has 0 spiro atoms. The third kappa shape index (κ3) is 4.25. The summed E-state index contributed by atoms with van der Waals surface area (Å²) in [4.78, 5) is 10.4. The Morgan fingerprint density at radius 2 is 1.80 bits per heavy atom. The summed E-state index contributed by atoms with van der Waals surface area (Å²) < 4.78 is 33.6. The highest BCUT2D eigenvalue weighted by atomic mass is 32.2. The normalized spacial score (nSPS) is 22.7. The average Bonchev–Trinajstić information content (AvgIpc) is 3.52. The van der Waals surface area contributed by atoms with Crippen molar-refractivity contribution in [3.05, 3.63) is 78.5 Å². The van der Waals surface area contributed by atoms with Gasteiger partial charge in [-0.2, -0.15) is 8.42 Å². The van der Waals surface area contributed by atoms with E-state index in [2.05, 4.69) is 35.0 Å². The number of benzene rings is 2. The number of hydrogen-bond acceptors (Lipinski definition) is 7. The molecule has 2 aromatic carbocycles. The lowest BCUT2D eigenvalue weighted by Crippen LogP contribution is -2.39. The molecule has 2 aliphatic rings. The van der Waals surface area contributed by atoms with Gasteiger partial charge in [-0.25, -0.2) is 4.18 Å². The molecule has 0 amide bonds. The Hall–Kier alpha value is -2.78. The van der Waals surface area contributed by atoms with Crippen LogP contribution in [0.15, 0.2) is 77.8 Å². The number of hydrogen-bond donors (Lipinski definition) is 0. The molecule has 0 radical (unpaired) electrons. The molecule has 6 nitrogen and oxygen atoms in total. The van der Waals surface area contributed by atoms with Crippen molar-refractivity contribution < 1.29 is 12.6 Å². The van der Waals surface area contributed by atoms with Crippen molar-refractivity contribution in [2.75, 3.05) is 31.6 Å². The maximum Gasteiger partial charge on any atom is 0.298 e. The number of thiophene rings is 1. The van der Waals surface area contributed by atoms with Crippen LogP contribution in [-0.4, -0.2) is 51.2 Å². The van der Waals surface area contributed by atoms with Crippen LogP contribution in [0, 0.1) is 18.8 Å². The molecule has 2 saturated heterocycles. The van der Waals surface area contributed by atoms with Crippen molar-refractivity contribution >= 4 is 37.2 Å². The summed E-state index contributed by atoms with van der Waals surface area (Å²) in [7, 11) is -1.82. The van der Waals surface area contributed by atoms with Crippen molar-refractivity contribution in [2.24, 2.45) is 11.8 Å². The van der Waals surface area contributed by atoms with E-state index in [0.29, 0.717) is 5.92 Å². The van der Waals surface area contributed by atoms with Gasteiger partial charge in [0.1, 0.15) is 0 Å². The second-order valence-corrected chi connectivity index (χ2v) is 12.3. The number of fused-ring (bicyclic) bond motifs is 2. The fourth-order valence-corrected chi connectivity index (χ4v) is 7.43. The first-order chi connectivity index (χ1) is 16.9. The van der Waals surface area contributed by atoms with Gasteiger partial charge in [-0.3, -0.25) is 4.98 Å². The molecule has 4 heterocycles. The van der Waals surface area contributed by atoms with Gasteiger partial charge in [-0.05, 0) is 61.7 Å². The van der Waals surface area contributed by atoms with Gasteiger partial charge in [0.2, 0.25) is 0 Å². The van der Waals surface area contributed by atoms with Crippen molar-refractivity contribution in [2.45, 2.75) is 18.0 Å². The number of aryl methyl sites for hydroxylation is 1. The van der Waals surface area contributed by atoms with E-state index in [1.165, 1.54) is 10.1 Å².